The van der Waals surface area contributed by atoms with E-state index in [-0.39, 0.29) is 11.6 Å². The second-order valence-electron chi connectivity index (χ2n) is 9.15. The maximum absolute atomic E-state index is 13.0. The van der Waals surface area contributed by atoms with Crippen LogP contribution < -0.4 is 16.0 Å². The summed E-state index contributed by atoms with van der Waals surface area (Å²) in [5, 5.41) is 3.93. The summed E-state index contributed by atoms with van der Waals surface area (Å²) in [6.07, 6.45) is 3.26. The number of ether oxygens (including phenoxy) is 1. The molecule has 2 saturated heterocycles. The van der Waals surface area contributed by atoms with Gasteiger partial charge in [-0.15, -0.1) is 0 Å². The summed E-state index contributed by atoms with van der Waals surface area (Å²) in [6, 6.07) is 16.8. The number of hydrogen-bond acceptors (Lipinski definition) is 8. The zero-order chi connectivity index (χ0) is 24.2. The fourth-order valence-electron chi connectivity index (χ4n) is 4.92. The standard InChI is InChI=1S/C27H33N5O2S/c1-2-19-4-3-5-20(18-19)24(33)25-26(28)30-27(35-25)29-21-6-8-22(9-7-21)31-12-10-23(11-13-31)32-14-16-34-17-15-32/h3-9,18,23H,2,10-17,28H2,1H3,(H,29,30). The van der Waals surface area contributed by atoms with Gasteiger partial charge in [-0.2, -0.15) is 0 Å². The molecule has 8 heteroatoms. The van der Waals surface area contributed by atoms with Crippen molar-refractivity contribution < 1.29 is 9.53 Å². The molecule has 0 atom stereocenters. The van der Waals surface area contributed by atoms with Crippen LogP contribution >= 0.6 is 11.3 Å². The Morgan fingerprint density at radius 2 is 1.86 bits per heavy atom. The van der Waals surface area contributed by atoms with Gasteiger partial charge in [0.1, 0.15) is 10.7 Å². The van der Waals surface area contributed by atoms with Gasteiger partial charge in [0.15, 0.2) is 5.13 Å². The second-order valence-corrected chi connectivity index (χ2v) is 10.2. The van der Waals surface area contributed by atoms with Crippen LogP contribution in [0.2, 0.25) is 0 Å². The van der Waals surface area contributed by atoms with Gasteiger partial charge >= 0.3 is 0 Å². The third-order valence-electron chi connectivity index (χ3n) is 6.97. The second kappa shape index (κ2) is 10.8. The van der Waals surface area contributed by atoms with Crippen LogP contribution in [0.25, 0.3) is 0 Å². The number of nitrogens with zero attached hydrogens (tertiary/aromatic N) is 3. The first-order valence-corrected chi connectivity index (χ1v) is 13.3. The number of aryl methyl sites for hydroxylation is 1. The highest BCUT2D eigenvalue weighted by molar-refractivity contribution is 7.18. The van der Waals surface area contributed by atoms with Crippen molar-refractivity contribution in [3.63, 3.8) is 0 Å². The van der Waals surface area contributed by atoms with Crippen molar-refractivity contribution in [1.29, 1.82) is 0 Å². The van der Waals surface area contributed by atoms with Crippen molar-refractivity contribution in [2.45, 2.75) is 32.2 Å². The molecule has 3 heterocycles. The quantitative estimate of drug-likeness (QED) is 0.469. The number of nitrogens with one attached hydrogen (secondary N) is 1. The minimum Gasteiger partial charge on any atom is -0.382 e. The Morgan fingerprint density at radius 1 is 1.11 bits per heavy atom. The van der Waals surface area contributed by atoms with Crippen LogP contribution in [0.15, 0.2) is 48.5 Å². The molecule has 184 valence electrons. The molecular weight excluding hydrogens is 458 g/mol. The molecule has 2 fully saturated rings. The number of aromatic nitrogens is 1. The number of rotatable bonds is 7. The van der Waals surface area contributed by atoms with E-state index in [1.54, 1.807) is 0 Å². The largest absolute Gasteiger partial charge is 0.382 e. The van der Waals surface area contributed by atoms with Crippen molar-refractivity contribution in [2.24, 2.45) is 0 Å². The monoisotopic (exact) mass is 491 g/mol. The molecule has 2 aromatic carbocycles. The van der Waals surface area contributed by atoms with E-state index in [0.717, 1.165) is 57.1 Å². The van der Waals surface area contributed by atoms with Gasteiger partial charge in [-0.3, -0.25) is 9.69 Å². The van der Waals surface area contributed by atoms with E-state index in [9.17, 15) is 4.79 Å². The summed E-state index contributed by atoms with van der Waals surface area (Å²) in [5.74, 6) is 0.184. The Balaban J connectivity index is 1.20. The van der Waals surface area contributed by atoms with Crippen molar-refractivity contribution in [2.75, 3.05) is 55.3 Å². The minimum atomic E-state index is -0.0841. The molecule has 7 nitrogen and oxygen atoms in total. The first-order chi connectivity index (χ1) is 17.1. The van der Waals surface area contributed by atoms with E-state index in [1.165, 1.54) is 29.9 Å². The lowest BCUT2D eigenvalue weighted by Crippen LogP contribution is -2.49. The number of carbonyl (C=O) groups excluding carboxylic acids is 1. The maximum atomic E-state index is 13.0. The average Bonchev–Trinajstić information content (AvgIpc) is 3.29. The van der Waals surface area contributed by atoms with Crippen LogP contribution in [0, 0.1) is 0 Å². The van der Waals surface area contributed by atoms with Crippen molar-refractivity contribution in [1.82, 2.24) is 9.88 Å². The molecule has 0 aliphatic carbocycles. The number of anilines is 4. The highest BCUT2D eigenvalue weighted by Crippen LogP contribution is 2.31. The molecule has 0 spiro atoms. The van der Waals surface area contributed by atoms with Crippen molar-refractivity contribution >= 4 is 39.4 Å². The van der Waals surface area contributed by atoms with Gasteiger partial charge in [0.2, 0.25) is 5.78 Å². The normalized spacial score (nSPS) is 17.5. The zero-order valence-corrected chi connectivity index (χ0v) is 21.0. The summed E-state index contributed by atoms with van der Waals surface area (Å²) < 4.78 is 5.50. The van der Waals surface area contributed by atoms with Crippen LogP contribution in [0.3, 0.4) is 0 Å². The Hall–Kier alpha value is -2.94. The molecule has 0 amide bonds. The molecule has 2 aliphatic heterocycles. The number of benzene rings is 2. The molecule has 0 saturated carbocycles. The van der Waals surface area contributed by atoms with E-state index in [0.29, 0.717) is 21.6 Å². The Bertz CT molecular complexity index is 1150. The summed E-state index contributed by atoms with van der Waals surface area (Å²) in [6.45, 7) is 8.06. The van der Waals surface area contributed by atoms with E-state index < -0.39 is 0 Å². The first kappa shape index (κ1) is 23.8. The molecule has 0 radical (unpaired) electrons. The van der Waals surface area contributed by atoms with Gasteiger partial charge in [0, 0.05) is 49.2 Å². The van der Waals surface area contributed by atoms with E-state index in [2.05, 4.69) is 51.3 Å². The van der Waals surface area contributed by atoms with Crippen LogP contribution in [-0.4, -0.2) is 61.1 Å². The molecular formula is C27H33N5O2S. The van der Waals surface area contributed by atoms with E-state index in [4.69, 9.17) is 10.5 Å². The van der Waals surface area contributed by atoms with Gasteiger partial charge in [-0.1, -0.05) is 36.5 Å². The smallest absolute Gasteiger partial charge is 0.206 e. The predicted molar refractivity (Wildman–Crippen MR) is 143 cm³/mol. The highest BCUT2D eigenvalue weighted by atomic mass is 32.1. The topological polar surface area (TPSA) is 83.7 Å². The molecule has 3 aromatic rings. The van der Waals surface area contributed by atoms with Crippen LogP contribution in [0.1, 0.15) is 40.6 Å². The Kier molecular flexibility index (Phi) is 7.32. The molecule has 0 unspecified atom stereocenters. The molecule has 2 aliphatic rings. The highest BCUT2D eigenvalue weighted by Gasteiger charge is 2.26. The SMILES string of the molecule is CCc1cccc(C(=O)c2sc(Nc3ccc(N4CCC(N5CCOCC5)CC4)cc3)nc2N)c1. The molecule has 1 aromatic heterocycles. The fraction of sp³-hybridized carbons (Fsp3) is 0.407. The molecule has 0 bridgehead atoms. The first-order valence-electron chi connectivity index (χ1n) is 12.4. The summed E-state index contributed by atoms with van der Waals surface area (Å²) in [5.41, 5.74) is 10.1. The average molecular weight is 492 g/mol. The third-order valence-corrected chi connectivity index (χ3v) is 7.95. The number of piperidine rings is 1. The molecule has 3 N–H and O–H groups in total. The van der Waals surface area contributed by atoms with Crippen molar-refractivity contribution in [3.8, 4) is 0 Å². The van der Waals surface area contributed by atoms with Gasteiger partial charge in [0.25, 0.3) is 0 Å². The lowest BCUT2D eigenvalue weighted by atomic mass is 10.0. The summed E-state index contributed by atoms with van der Waals surface area (Å²) in [7, 11) is 0. The number of hydrogen-bond donors (Lipinski definition) is 2. The van der Waals surface area contributed by atoms with Crippen LogP contribution in [0.5, 0.6) is 0 Å². The van der Waals surface area contributed by atoms with Crippen molar-refractivity contribution in [3.05, 3.63) is 64.5 Å². The summed E-state index contributed by atoms with van der Waals surface area (Å²) >= 11 is 1.30. The van der Waals surface area contributed by atoms with Gasteiger partial charge < -0.3 is 20.7 Å². The van der Waals surface area contributed by atoms with Gasteiger partial charge in [-0.05, 0) is 55.2 Å². The number of ketones is 1. The predicted octanol–water partition coefficient (Wildman–Crippen LogP) is 4.56. The Labute approximate surface area is 210 Å². The molecule has 5 rings (SSSR count). The van der Waals surface area contributed by atoms with Gasteiger partial charge in [-0.25, -0.2) is 4.98 Å². The van der Waals surface area contributed by atoms with E-state index >= 15 is 0 Å². The number of morpholine rings is 1. The number of nitrogens with two attached hydrogens (primary N) is 1. The van der Waals surface area contributed by atoms with E-state index in [1.807, 2.05) is 24.3 Å². The fourth-order valence-corrected chi connectivity index (χ4v) is 5.79. The molecule has 35 heavy (non-hydrogen) atoms. The van der Waals surface area contributed by atoms with Crippen LogP contribution in [-0.2, 0) is 11.2 Å². The minimum absolute atomic E-state index is 0.0841. The van der Waals surface area contributed by atoms with Gasteiger partial charge in [0.05, 0.1) is 13.2 Å². The third kappa shape index (κ3) is 5.50. The van der Waals surface area contributed by atoms with Crippen LogP contribution in [0.4, 0.5) is 22.3 Å². The number of carbonyl (C=O) groups is 1. The zero-order valence-electron chi connectivity index (χ0n) is 20.2. The summed E-state index contributed by atoms with van der Waals surface area (Å²) in [4.78, 5) is 22.9. The lowest BCUT2D eigenvalue weighted by molar-refractivity contribution is 0.0115. The maximum Gasteiger partial charge on any atom is 0.206 e. The number of thiazole rings is 1. The Morgan fingerprint density at radius 3 is 2.57 bits per heavy atom. The number of nitrogen functional groups attached to an aromatic ring is 1. The lowest BCUT2D eigenvalue weighted by Gasteiger charge is -2.40.